The number of benzene rings is 2. The number of hydrogen-bond acceptors (Lipinski definition) is 4. The van der Waals surface area contributed by atoms with E-state index < -0.39 is 0 Å². The van der Waals surface area contributed by atoms with Gasteiger partial charge in [-0.2, -0.15) is 0 Å². The number of hydrogen-bond donors (Lipinski definition) is 1. The van der Waals surface area contributed by atoms with Crippen LogP contribution in [0.4, 0.5) is 0 Å². The van der Waals surface area contributed by atoms with Crippen LogP contribution in [-0.2, 0) is 25.9 Å². The van der Waals surface area contributed by atoms with Crippen molar-refractivity contribution in [2.75, 3.05) is 19.6 Å². The summed E-state index contributed by atoms with van der Waals surface area (Å²) in [6.07, 6.45) is 1.58. The molecule has 1 aliphatic heterocycles. The first kappa shape index (κ1) is 20.3. The maximum absolute atomic E-state index is 12.3. The molecule has 2 aromatic carbocycles. The van der Waals surface area contributed by atoms with Gasteiger partial charge in [-0.1, -0.05) is 47.5 Å². The zero-order chi connectivity index (χ0) is 20.9. The molecule has 1 aliphatic rings. The largest absolute Gasteiger partial charge is 0.352 e. The standard InChI is InChI=1S/C24H29N5O/c1-18-6-8-21(9-7-18)24(30)25-12-10-22-26-27-23-11-13-28(14-15-29(22)23)17-20-5-3-4-19(2)16-20/h3-9,16H,10-15,17H2,1-2H3,(H,25,30). The molecule has 3 aromatic rings. The quantitative estimate of drug-likeness (QED) is 0.687. The lowest BCUT2D eigenvalue weighted by Crippen LogP contribution is -2.28. The lowest BCUT2D eigenvalue weighted by atomic mass is 10.1. The van der Waals surface area contributed by atoms with Gasteiger partial charge in [0.15, 0.2) is 0 Å². The van der Waals surface area contributed by atoms with Crippen molar-refractivity contribution < 1.29 is 4.79 Å². The molecule has 156 valence electrons. The zero-order valence-electron chi connectivity index (χ0n) is 17.8. The summed E-state index contributed by atoms with van der Waals surface area (Å²) >= 11 is 0. The van der Waals surface area contributed by atoms with Gasteiger partial charge in [0.1, 0.15) is 11.6 Å². The van der Waals surface area contributed by atoms with Gasteiger partial charge in [0.25, 0.3) is 5.91 Å². The van der Waals surface area contributed by atoms with Gasteiger partial charge in [-0.25, -0.2) is 0 Å². The minimum atomic E-state index is -0.0464. The van der Waals surface area contributed by atoms with Crippen molar-refractivity contribution in [3.05, 3.63) is 82.4 Å². The summed E-state index contributed by atoms with van der Waals surface area (Å²) in [6.45, 7) is 8.50. The van der Waals surface area contributed by atoms with Gasteiger partial charge in [-0.05, 0) is 31.5 Å². The average Bonchev–Trinajstić information content (AvgIpc) is 3.01. The molecule has 1 amide bonds. The highest BCUT2D eigenvalue weighted by atomic mass is 16.1. The van der Waals surface area contributed by atoms with Gasteiger partial charge in [0.2, 0.25) is 0 Å². The first-order chi connectivity index (χ1) is 14.6. The molecule has 6 nitrogen and oxygen atoms in total. The van der Waals surface area contributed by atoms with Crippen molar-refractivity contribution >= 4 is 5.91 Å². The Morgan fingerprint density at radius 1 is 1.00 bits per heavy atom. The Balaban J connectivity index is 1.31. The summed E-state index contributed by atoms with van der Waals surface area (Å²) in [4.78, 5) is 14.8. The van der Waals surface area contributed by atoms with Gasteiger partial charge in [0.05, 0.1) is 0 Å². The topological polar surface area (TPSA) is 63.1 Å². The average molecular weight is 404 g/mol. The Morgan fingerprint density at radius 3 is 2.63 bits per heavy atom. The third kappa shape index (κ3) is 4.94. The maximum atomic E-state index is 12.3. The van der Waals surface area contributed by atoms with Crippen LogP contribution in [0.5, 0.6) is 0 Å². The van der Waals surface area contributed by atoms with Crippen molar-refractivity contribution in [2.45, 2.75) is 39.8 Å². The minimum Gasteiger partial charge on any atom is -0.352 e. The molecule has 0 spiro atoms. The second-order valence-corrected chi connectivity index (χ2v) is 8.07. The van der Waals surface area contributed by atoms with E-state index in [1.54, 1.807) is 0 Å². The van der Waals surface area contributed by atoms with Gasteiger partial charge < -0.3 is 9.88 Å². The number of amides is 1. The number of aryl methyl sites for hydroxylation is 2. The predicted octanol–water partition coefficient (Wildman–Crippen LogP) is 2.93. The van der Waals surface area contributed by atoms with Crippen LogP contribution in [0, 0.1) is 13.8 Å². The normalized spacial score (nSPS) is 14.2. The summed E-state index contributed by atoms with van der Waals surface area (Å²) in [5.74, 6) is 1.95. The van der Waals surface area contributed by atoms with E-state index in [4.69, 9.17) is 0 Å². The van der Waals surface area contributed by atoms with E-state index in [2.05, 4.69) is 56.2 Å². The molecule has 0 saturated heterocycles. The molecule has 1 N–H and O–H groups in total. The molecule has 2 heterocycles. The van der Waals surface area contributed by atoms with E-state index in [-0.39, 0.29) is 5.91 Å². The number of nitrogens with one attached hydrogen (secondary N) is 1. The Labute approximate surface area is 177 Å². The van der Waals surface area contributed by atoms with Crippen molar-refractivity contribution in [1.29, 1.82) is 0 Å². The molecule has 4 rings (SSSR count). The van der Waals surface area contributed by atoms with Crippen LogP contribution in [0.2, 0.25) is 0 Å². The first-order valence-electron chi connectivity index (χ1n) is 10.6. The molecule has 1 aromatic heterocycles. The van der Waals surface area contributed by atoms with E-state index in [1.807, 2.05) is 31.2 Å². The summed E-state index contributed by atoms with van der Waals surface area (Å²) < 4.78 is 2.23. The highest BCUT2D eigenvalue weighted by Gasteiger charge is 2.19. The Bertz CT molecular complexity index is 1010. The fraction of sp³-hybridized carbons (Fsp3) is 0.375. The van der Waals surface area contributed by atoms with Crippen LogP contribution in [0.1, 0.15) is 38.7 Å². The van der Waals surface area contributed by atoms with Crippen LogP contribution < -0.4 is 5.32 Å². The third-order valence-electron chi connectivity index (χ3n) is 5.63. The molecule has 0 atom stereocenters. The van der Waals surface area contributed by atoms with Crippen LogP contribution in [0.25, 0.3) is 0 Å². The molecule has 0 bridgehead atoms. The third-order valence-corrected chi connectivity index (χ3v) is 5.63. The van der Waals surface area contributed by atoms with Crippen LogP contribution >= 0.6 is 0 Å². The predicted molar refractivity (Wildman–Crippen MR) is 117 cm³/mol. The minimum absolute atomic E-state index is 0.0464. The lowest BCUT2D eigenvalue weighted by molar-refractivity contribution is 0.0954. The molecule has 30 heavy (non-hydrogen) atoms. The SMILES string of the molecule is Cc1ccc(C(=O)NCCc2nnc3n2CCN(Cc2cccc(C)c2)CC3)cc1. The number of rotatable bonds is 6. The van der Waals surface area contributed by atoms with Crippen molar-refractivity contribution in [2.24, 2.45) is 0 Å². The number of carbonyl (C=O) groups excluding carboxylic acids is 1. The molecule has 6 heteroatoms. The second-order valence-electron chi connectivity index (χ2n) is 8.07. The zero-order valence-corrected chi connectivity index (χ0v) is 17.8. The molecule has 0 aliphatic carbocycles. The first-order valence-corrected chi connectivity index (χ1v) is 10.6. The van der Waals surface area contributed by atoms with E-state index in [0.717, 1.165) is 49.8 Å². The monoisotopic (exact) mass is 403 g/mol. The molecule has 0 fully saturated rings. The fourth-order valence-corrected chi connectivity index (χ4v) is 3.93. The number of fused-ring (bicyclic) bond motifs is 1. The smallest absolute Gasteiger partial charge is 0.251 e. The number of aromatic nitrogens is 3. The van der Waals surface area contributed by atoms with Crippen molar-refractivity contribution in [3.8, 4) is 0 Å². The Morgan fingerprint density at radius 2 is 1.83 bits per heavy atom. The molecule has 0 unspecified atom stereocenters. The van der Waals surface area contributed by atoms with Gasteiger partial charge in [-0.15, -0.1) is 10.2 Å². The van der Waals surface area contributed by atoms with Crippen molar-refractivity contribution in [1.82, 2.24) is 25.0 Å². The summed E-state index contributed by atoms with van der Waals surface area (Å²) in [5.41, 5.74) is 4.49. The van der Waals surface area contributed by atoms with Gasteiger partial charge >= 0.3 is 0 Å². The highest BCUT2D eigenvalue weighted by Crippen LogP contribution is 2.14. The van der Waals surface area contributed by atoms with Crippen LogP contribution in [-0.4, -0.2) is 45.2 Å². The Hall–Kier alpha value is -2.99. The van der Waals surface area contributed by atoms with Gasteiger partial charge in [0, 0.05) is 51.1 Å². The van der Waals surface area contributed by atoms with E-state index in [0.29, 0.717) is 18.5 Å². The summed E-state index contributed by atoms with van der Waals surface area (Å²) in [7, 11) is 0. The van der Waals surface area contributed by atoms with E-state index in [9.17, 15) is 4.79 Å². The maximum Gasteiger partial charge on any atom is 0.251 e. The molecular weight excluding hydrogens is 374 g/mol. The Kier molecular flexibility index (Phi) is 6.23. The molecular formula is C24H29N5O. The second kappa shape index (κ2) is 9.22. The van der Waals surface area contributed by atoms with Gasteiger partial charge in [-0.3, -0.25) is 9.69 Å². The van der Waals surface area contributed by atoms with Crippen LogP contribution in [0.3, 0.4) is 0 Å². The van der Waals surface area contributed by atoms with E-state index in [1.165, 1.54) is 11.1 Å². The highest BCUT2D eigenvalue weighted by molar-refractivity contribution is 5.94. The summed E-state index contributed by atoms with van der Waals surface area (Å²) in [6, 6.07) is 16.3. The number of nitrogens with zero attached hydrogens (tertiary/aromatic N) is 4. The van der Waals surface area contributed by atoms with Crippen LogP contribution in [0.15, 0.2) is 48.5 Å². The summed E-state index contributed by atoms with van der Waals surface area (Å²) in [5, 5.41) is 11.8. The fourth-order valence-electron chi connectivity index (χ4n) is 3.93. The molecule has 0 radical (unpaired) electrons. The van der Waals surface area contributed by atoms with Crippen molar-refractivity contribution in [3.63, 3.8) is 0 Å². The van der Waals surface area contributed by atoms with E-state index >= 15 is 0 Å². The molecule has 0 saturated carbocycles. The lowest BCUT2D eigenvalue weighted by Gasteiger charge is -2.20. The number of carbonyl (C=O) groups is 1.